The van der Waals surface area contributed by atoms with Crippen LogP contribution in [-0.4, -0.2) is 33.9 Å². The summed E-state index contributed by atoms with van der Waals surface area (Å²) in [5, 5.41) is 4.76. The van der Waals surface area contributed by atoms with E-state index in [9.17, 15) is 4.79 Å². The van der Waals surface area contributed by atoms with Crippen molar-refractivity contribution < 1.29 is 9.53 Å². The lowest BCUT2D eigenvalue weighted by Gasteiger charge is -2.21. The molecule has 0 amide bonds. The minimum atomic E-state index is -0.580. The summed E-state index contributed by atoms with van der Waals surface area (Å²) in [6, 6.07) is 6.85. The number of aromatic nitrogens is 3. The number of nitrogens with zero attached hydrogens (tertiary/aromatic N) is 3. The summed E-state index contributed by atoms with van der Waals surface area (Å²) < 4.78 is 6.14. The maximum atomic E-state index is 11.4. The first-order valence-corrected chi connectivity index (χ1v) is 6.41. The molecular weight excluding hydrogens is 280 g/mol. The second-order valence-electron chi connectivity index (χ2n) is 4.40. The monoisotopic (exact) mass is 294 g/mol. The Morgan fingerprint density at radius 1 is 1.40 bits per heavy atom. The predicted molar refractivity (Wildman–Crippen MR) is 74.6 cm³/mol. The van der Waals surface area contributed by atoms with E-state index < -0.39 is 5.97 Å². The molecule has 7 heteroatoms. The smallest absolute Gasteiger partial charge is 0.377 e. The highest BCUT2D eigenvalue weighted by Crippen LogP contribution is 2.22. The molecule has 0 radical (unpaired) electrons. The highest BCUT2D eigenvalue weighted by Gasteiger charge is 2.21. The SMILES string of the molecule is COC(=O)c1ncn(C(c2ccc(Cl)cc2)C(C)N)n1. The van der Waals surface area contributed by atoms with Crippen LogP contribution in [0.15, 0.2) is 30.6 Å². The Bertz CT molecular complexity index is 595. The number of methoxy groups -OCH3 is 1. The summed E-state index contributed by atoms with van der Waals surface area (Å²) in [6.07, 6.45) is 1.47. The van der Waals surface area contributed by atoms with Gasteiger partial charge < -0.3 is 10.5 Å². The summed E-state index contributed by atoms with van der Waals surface area (Å²) in [6.45, 7) is 1.86. The van der Waals surface area contributed by atoms with E-state index in [1.165, 1.54) is 13.4 Å². The Hall–Kier alpha value is -1.92. The second-order valence-corrected chi connectivity index (χ2v) is 4.83. The molecule has 2 aromatic rings. The van der Waals surface area contributed by atoms with E-state index >= 15 is 0 Å². The lowest BCUT2D eigenvalue weighted by Crippen LogP contribution is -2.30. The Kier molecular flexibility index (Phi) is 4.36. The Labute approximate surface area is 121 Å². The van der Waals surface area contributed by atoms with Crippen molar-refractivity contribution in [2.24, 2.45) is 5.73 Å². The summed E-state index contributed by atoms with van der Waals surface area (Å²) in [5.41, 5.74) is 6.95. The standard InChI is InChI=1S/C13H15ClN4O2/c1-8(15)11(9-3-5-10(14)6-4-9)18-7-16-12(17-18)13(19)20-2/h3-8,11H,15H2,1-2H3. The Balaban J connectivity index is 2.36. The van der Waals surface area contributed by atoms with Crippen molar-refractivity contribution in [2.75, 3.05) is 7.11 Å². The average molecular weight is 295 g/mol. The van der Waals surface area contributed by atoms with Crippen LogP contribution in [0.25, 0.3) is 0 Å². The number of esters is 1. The maximum Gasteiger partial charge on any atom is 0.377 e. The molecular formula is C13H15ClN4O2. The van der Waals surface area contributed by atoms with Gasteiger partial charge >= 0.3 is 5.97 Å². The highest BCUT2D eigenvalue weighted by atomic mass is 35.5. The van der Waals surface area contributed by atoms with Crippen LogP contribution in [0.3, 0.4) is 0 Å². The number of nitrogens with two attached hydrogens (primary N) is 1. The number of hydrogen-bond acceptors (Lipinski definition) is 5. The molecule has 0 saturated carbocycles. The zero-order valence-electron chi connectivity index (χ0n) is 11.2. The Morgan fingerprint density at radius 3 is 2.60 bits per heavy atom. The molecule has 0 fully saturated rings. The highest BCUT2D eigenvalue weighted by molar-refractivity contribution is 6.30. The minimum Gasteiger partial charge on any atom is -0.463 e. The maximum absolute atomic E-state index is 11.4. The molecule has 1 aromatic carbocycles. The molecule has 0 bridgehead atoms. The fourth-order valence-electron chi connectivity index (χ4n) is 1.95. The fraction of sp³-hybridized carbons (Fsp3) is 0.308. The molecule has 2 atom stereocenters. The van der Waals surface area contributed by atoms with Gasteiger partial charge in [0.15, 0.2) is 0 Å². The molecule has 20 heavy (non-hydrogen) atoms. The van der Waals surface area contributed by atoms with Crippen molar-refractivity contribution in [1.29, 1.82) is 0 Å². The first-order chi connectivity index (χ1) is 9.52. The first-order valence-electron chi connectivity index (χ1n) is 6.03. The molecule has 0 aliphatic rings. The fourth-order valence-corrected chi connectivity index (χ4v) is 2.08. The van der Waals surface area contributed by atoms with Gasteiger partial charge in [-0.25, -0.2) is 14.5 Å². The normalized spacial score (nSPS) is 13.8. The third-order valence-corrected chi connectivity index (χ3v) is 3.12. The van der Waals surface area contributed by atoms with E-state index in [1.54, 1.807) is 16.8 Å². The zero-order valence-corrected chi connectivity index (χ0v) is 11.9. The van der Waals surface area contributed by atoms with Gasteiger partial charge in [-0.15, -0.1) is 5.10 Å². The molecule has 0 saturated heterocycles. The van der Waals surface area contributed by atoms with Crippen molar-refractivity contribution in [3.63, 3.8) is 0 Å². The summed E-state index contributed by atoms with van der Waals surface area (Å²) in [4.78, 5) is 15.3. The van der Waals surface area contributed by atoms with E-state index in [4.69, 9.17) is 17.3 Å². The minimum absolute atomic E-state index is 0.00659. The number of hydrogen-bond donors (Lipinski definition) is 1. The molecule has 0 aliphatic carbocycles. The first kappa shape index (κ1) is 14.5. The van der Waals surface area contributed by atoms with Crippen molar-refractivity contribution in [1.82, 2.24) is 14.8 Å². The molecule has 2 unspecified atom stereocenters. The van der Waals surface area contributed by atoms with Crippen LogP contribution in [0.2, 0.25) is 5.02 Å². The predicted octanol–water partition coefficient (Wildman–Crippen LogP) is 1.65. The van der Waals surface area contributed by atoms with E-state index in [0.29, 0.717) is 5.02 Å². The third kappa shape index (κ3) is 2.97. The number of benzene rings is 1. The van der Waals surface area contributed by atoms with Gasteiger partial charge in [0.2, 0.25) is 0 Å². The quantitative estimate of drug-likeness (QED) is 0.867. The summed E-state index contributed by atoms with van der Waals surface area (Å²) >= 11 is 5.88. The molecule has 1 heterocycles. The van der Waals surface area contributed by atoms with Crippen molar-refractivity contribution in [3.05, 3.63) is 47.0 Å². The van der Waals surface area contributed by atoms with E-state index in [2.05, 4.69) is 14.8 Å². The molecule has 106 valence electrons. The molecule has 2 rings (SSSR count). The van der Waals surface area contributed by atoms with E-state index in [-0.39, 0.29) is 17.9 Å². The summed E-state index contributed by atoms with van der Waals surface area (Å²) in [7, 11) is 1.28. The van der Waals surface area contributed by atoms with Crippen molar-refractivity contribution in [2.45, 2.75) is 19.0 Å². The van der Waals surface area contributed by atoms with Gasteiger partial charge in [-0.2, -0.15) is 0 Å². The van der Waals surface area contributed by atoms with Crippen LogP contribution < -0.4 is 5.73 Å². The topological polar surface area (TPSA) is 83.0 Å². The van der Waals surface area contributed by atoms with Gasteiger partial charge in [0, 0.05) is 11.1 Å². The van der Waals surface area contributed by atoms with Crippen molar-refractivity contribution in [3.8, 4) is 0 Å². The average Bonchev–Trinajstić information content (AvgIpc) is 2.89. The summed E-state index contributed by atoms with van der Waals surface area (Å²) in [5.74, 6) is -0.574. The Morgan fingerprint density at radius 2 is 2.05 bits per heavy atom. The number of rotatable bonds is 4. The van der Waals surface area contributed by atoms with Gasteiger partial charge in [0.05, 0.1) is 13.2 Å². The van der Waals surface area contributed by atoms with Crippen LogP contribution in [0, 0.1) is 0 Å². The van der Waals surface area contributed by atoms with Gasteiger partial charge in [-0.3, -0.25) is 0 Å². The second kappa shape index (κ2) is 6.02. The van der Waals surface area contributed by atoms with Crippen LogP contribution in [0.1, 0.15) is 29.1 Å². The number of carbonyl (C=O) groups is 1. The van der Waals surface area contributed by atoms with Crippen molar-refractivity contribution >= 4 is 17.6 Å². The zero-order chi connectivity index (χ0) is 14.7. The van der Waals surface area contributed by atoms with E-state index in [0.717, 1.165) is 5.56 Å². The molecule has 0 aliphatic heterocycles. The molecule has 1 aromatic heterocycles. The van der Waals surface area contributed by atoms with E-state index in [1.807, 2.05) is 19.1 Å². The van der Waals surface area contributed by atoms with Crippen LogP contribution in [0.5, 0.6) is 0 Å². The third-order valence-electron chi connectivity index (χ3n) is 2.87. The largest absolute Gasteiger partial charge is 0.463 e. The lowest BCUT2D eigenvalue weighted by atomic mass is 10.0. The molecule has 2 N–H and O–H groups in total. The van der Waals surface area contributed by atoms with Crippen LogP contribution in [0.4, 0.5) is 0 Å². The van der Waals surface area contributed by atoms with Crippen LogP contribution >= 0.6 is 11.6 Å². The number of halogens is 1. The van der Waals surface area contributed by atoms with Gasteiger partial charge in [-0.05, 0) is 24.6 Å². The lowest BCUT2D eigenvalue weighted by molar-refractivity contribution is 0.0586. The van der Waals surface area contributed by atoms with Gasteiger partial charge in [0.25, 0.3) is 5.82 Å². The van der Waals surface area contributed by atoms with Crippen LogP contribution in [-0.2, 0) is 4.74 Å². The number of ether oxygens (including phenoxy) is 1. The van der Waals surface area contributed by atoms with Gasteiger partial charge in [-0.1, -0.05) is 23.7 Å². The van der Waals surface area contributed by atoms with Gasteiger partial charge in [0.1, 0.15) is 6.33 Å². The number of carbonyl (C=O) groups excluding carboxylic acids is 1. The molecule has 0 spiro atoms. The molecule has 6 nitrogen and oxygen atoms in total.